The number of morpholine rings is 1. The molecule has 0 bridgehead atoms. The summed E-state index contributed by atoms with van der Waals surface area (Å²) < 4.78 is 17.1. The summed E-state index contributed by atoms with van der Waals surface area (Å²) in [6.07, 6.45) is 8.22. The van der Waals surface area contributed by atoms with E-state index in [0.717, 1.165) is 79.5 Å². The molecule has 2 N–H and O–H groups in total. The SMILES string of the molecule is COC(=O)C1CC(n2ccc3nc(Nc4cc(C)ns4)nc(NC4CCC(N5CCOCC5)CC4)c32)C1. The van der Waals surface area contributed by atoms with Crippen LogP contribution in [0, 0.1) is 12.8 Å². The highest BCUT2D eigenvalue weighted by molar-refractivity contribution is 7.10. The van der Waals surface area contributed by atoms with Crippen LogP contribution in [0.1, 0.15) is 50.3 Å². The maximum Gasteiger partial charge on any atom is 0.308 e. The number of hydrogen-bond acceptors (Lipinski definition) is 10. The highest BCUT2D eigenvalue weighted by atomic mass is 32.1. The van der Waals surface area contributed by atoms with Gasteiger partial charge in [0.15, 0.2) is 5.82 Å². The lowest BCUT2D eigenvalue weighted by atomic mass is 9.80. The Bertz CT molecular complexity index is 1240. The third-order valence-electron chi connectivity index (χ3n) is 8.07. The number of carbonyl (C=O) groups is 1. The minimum atomic E-state index is -0.120. The van der Waals surface area contributed by atoms with E-state index in [9.17, 15) is 4.79 Å². The average molecular weight is 526 g/mol. The Morgan fingerprint density at radius 1 is 1.14 bits per heavy atom. The molecule has 0 unspecified atom stereocenters. The number of ether oxygens (including phenoxy) is 2. The van der Waals surface area contributed by atoms with Crippen molar-refractivity contribution in [1.29, 1.82) is 0 Å². The van der Waals surface area contributed by atoms with Crippen LogP contribution in [0.2, 0.25) is 0 Å². The summed E-state index contributed by atoms with van der Waals surface area (Å²) >= 11 is 1.41. The van der Waals surface area contributed by atoms with Crippen LogP contribution < -0.4 is 10.6 Å². The van der Waals surface area contributed by atoms with Crippen molar-refractivity contribution in [2.75, 3.05) is 44.0 Å². The second kappa shape index (κ2) is 10.5. The predicted octanol–water partition coefficient (Wildman–Crippen LogP) is 4.12. The zero-order chi connectivity index (χ0) is 25.4. The molecule has 2 aliphatic carbocycles. The van der Waals surface area contributed by atoms with Gasteiger partial charge in [-0.05, 0) is 69.1 Å². The molecule has 11 heteroatoms. The quantitative estimate of drug-likeness (QED) is 0.441. The number of carbonyl (C=O) groups excluding carboxylic acids is 1. The van der Waals surface area contributed by atoms with Crippen LogP contribution >= 0.6 is 11.5 Å². The monoisotopic (exact) mass is 525 g/mol. The number of aromatic nitrogens is 4. The van der Waals surface area contributed by atoms with Gasteiger partial charge >= 0.3 is 5.97 Å². The van der Waals surface area contributed by atoms with Crippen molar-refractivity contribution in [3.63, 3.8) is 0 Å². The Morgan fingerprint density at radius 3 is 2.62 bits per heavy atom. The Labute approximate surface area is 220 Å². The van der Waals surface area contributed by atoms with Crippen LogP contribution in [0.25, 0.3) is 11.0 Å². The average Bonchev–Trinajstić information content (AvgIpc) is 3.50. The Morgan fingerprint density at radius 2 is 1.92 bits per heavy atom. The number of esters is 1. The van der Waals surface area contributed by atoms with Gasteiger partial charge in [-0.25, -0.2) is 4.98 Å². The van der Waals surface area contributed by atoms with Crippen LogP contribution in [0.4, 0.5) is 16.8 Å². The largest absolute Gasteiger partial charge is 0.469 e. The molecule has 0 atom stereocenters. The van der Waals surface area contributed by atoms with E-state index in [2.05, 4.69) is 30.7 Å². The fraction of sp³-hybridized carbons (Fsp3) is 0.615. The highest BCUT2D eigenvalue weighted by Crippen LogP contribution is 2.42. The van der Waals surface area contributed by atoms with Gasteiger partial charge in [0, 0.05) is 37.4 Å². The van der Waals surface area contributed by atoms with Crippen molar-refractivity contribution in [3.8, 4) is 0 Å². The second-order valence-electron chi connectivity index (χ2n) is 10.5. The van der Waals surface area contributed by atoms with E-state index in [0.29, 0.717) is 18.0 Å². The third-order valence-corrected chi connectivity index (χ3v) is 8.86. The molecule has 3 aliphatic rings. The molecule has 4 heterocycles. The van der Waals surface area contributed by atoms with E-state index in [1.54, 1.807) is 0 Å². The van der Waals surface area contributed by atoms with E-state index < -0.39 is 0 Å². The number of methoxy groups -OCH3 is 1. The zero-order valence-electron chi connectivity index (χ0n) is 21.5. The molecule has 37 heavy (non-hydrogen) atoms. The van der Waals surface area contributed by atoms with Crippen molar-refractivity contribution in [2.24, 2.45) is 5.92 Å². The van der Waals surface area contributed by atoms with Gasteiger partial charge in [0.05, 0.1) is 37.5 Å². The minimum Gasteiger partial charge on any atom is -0.469 e. The number of rotatable bonds is 7. The highest BCUT2D eigenvalue weighted by Gasteiger charge is 2.37. The first kappa shape index (κ1) is 24.6. The van der Waals surface area contributed by atoms with Crippen molar-refractivity contribution >= 4 is 45.3 Å². The summed E-state index contributed by atoms with van der Waals surface area (Å²) in [7, 11) is 1.46. The molecule has 3 aromatic rings. The number of anilines is 3. The lowest BCUT2D eigenvalue weighted by Gasteiger charge is -2.39. The lowest BCUT2D eigenvalue weighted by molar-refractivity contribution is -0.149. The number of nitrogens with zero attached hydrogens (tertiary/aromatic N) is 5. The molecule has 0 amide bonds. The number of nitrogens with one attached hydrogen (secondary N) is 2. The van der Waals surface area contributed by atoms with Crippen LogP contribution in [0.5, 0.6) is 0 Å². The molecule has 6 rings (SSSR count). The summed E-state index contributed by atoms with van der Waals surface area (Å²) in [4.78, 5) is 24.4. The smallest absolute Gasteiger partial charge is 0.308 e. The molecule has 1 saturated heterocycles. The van der Waals surface area contributed by atoms with Gasteiger partial charge < -0.3 is 24.7 Å². The Kier molecular flexibility index (Phi) is 7.00. The van der Waals surface area contributed by atoms with E-state index in [4.69, 9.17) is 19.4 Å². The summed E-state index contributed by atoms with van der Waals surface area (Å²) in [6, 6.07) is 5.30. The molecule has 3 aromatic heterocycles. The minimum absolute atomic E-state index is 0.0317. The van der Waals surface area contributed by atoms with Gasteiger partial charge in [-0.2, -0.15) is 9.36 Å². The van der Waals surface area contributed by atoms with E-state index in [1.807, 2.05) is 19.1 Å². The zero-order valence-corrected chi connectivity index (χ0v) is 22.3. The fourth-order valence-corrected chi connectivity index (χ4v) is 6.61. The summed E-state index contributed by atoms with van der Waals surface area (Å²) in [5, 5.41) is 8.06. The van der Waals surface area contributed by atoms with Gasteiger partial charge in [0.25, 0.3) is 0 Å². The summed E-state index contributed by atoms with van der Waals surface area (Å²) in [5.41, 5.74) is 2.87. The molecule has 0 radical (unpaired) electrons. The number of fused-ring (bicyclic) bond motifs is 1. The topological polar surface area (TPSA) is 106 Å². The number of hydrogen-bond donors (Lipinski definition) is 2. The molecule has 3 fully saturated rings. The molecule has 2 saturated carbocycles. The molecule has 198 valence electrons. The maximum absolute atomic E-state index is 12.0. The molecular formula is C26H35N7O3S. The lowest BCUT2D eigenvalue weighted by Crippen LogP contribution is -2.46. The second-order valence-corrected chi connectivity index (χ2v) is 11.3. The van der Waals surface area contributed by atoms with Gasteiger partial charge in [-0.3, -0.25) is 9.69 Å². The van der Waals surface area contributed by atoms with Crippen molar-refractivity contribution in [3.05, 3.63) is 24.0 Å². The van der Waals surface area contributed by atoms with E-state index in [1.165, 1.54) is 31.5 Å². The van der Waals surface area contributed by atoms with Crippen LogP contribution in [0.15, 0.2) is 18.3 Å². The Balaban J connectivity index is 1.23. The molecule has 0 spiro atoms. The van der Waals surface area contributed by atoms with Crippen molar-refractivity contribution in [1.82, 2.24) is 23.8 Å². The Hall–Kier alpha value is -2.76. The first-order chi connectivity index (χ1) is 18.1. The van der Waals surface area contributed by atoms with E-state index in [-0.39, 0.29) is 17.9 Å². The molecule has 1 aliphatic heterocycles. The first-order valence-electron chi connectivity index (χ1n) is 13.3. The predicted molar refractivity (Wildman–Crippen MR) is 143 cm³/mol. The van der Waals surface area contributed by atoms with Crippen LogP contribution in [0.3, 0.4) is 0 Å². The summed E-state index contributed by atoms with van der Waals surface area (Å²) in [6.45, 7) is 5.76. The van der Waals surface area contributed by atoms with Crippen LogP contribution in [-0.2, 0) is 14.3 Å². The third kappa shape index (κ3) is 5.17. The first-order valence-corrected chi connectivity index (χ1v) is 14.1. The maximum atomic E-state index is 12.0. The molecule has 10 nitrogen and oxygen atoms in total. The standard InChI is InChI=1S/C26H35N7O3S/c1-16-13-22(37-31-16)29-26-28-21-7-8-33(20-14-17(15-20)25(34)35-2)23(21)24(30-26)27-18-3-5-19(6-4-18)32-9-11-36-12-10-32/h7-8,13,17-20H,3-6,9-12,14-15H2,1-2H3,(H2,27,28,29,30). The number of aryl methyl sites for hydroxylation is 1. The van der Waals surface area contributed by atoms with Gasteiger partial charge in [0.2, 0.25) is 5.95 Å². The van der Waals surface area contributed by atoms with Crippen molar-refractivity contribution < 1.29 is 14.3 Å². The van der Waals surface area contributed by atoms with Gasteiger partial charge in [0.1, 0.15) is 10.5 Å². The van der Waals surface area contributed by atoms with Crippen molar-refractivity contribution in [2.45, 2.75) is 63.6 Å². The molecule has 0 aromatic carbocycles. The fourth-order valence-electron chi connectivity index (χ4n) is 5.96. The van der Waals surface area contributed by atoms with Gasteiger partial charge in [-0.1, -0.05) is 0 Å². The normalized spacial score (nSPS) is 26.5. The molecular weight excluding hydrogens is 490 g/mol. The summed E-state index contributed by atoms with van der Waals surface area (Å²) in [5.74, 6) is 1.27. The van der Waals surface area contributed by atoms with Crippen LogP contribution in [-0.4, -0.2) is 75.3 Å². The van der Waals surface area contributed by atoms with Gasteiger partial charge in [-0.15, -0.1) is 0 Å². The van der Waals surface area contributed by atoms with E-state index >= 15 is 0 Å².